The average molecular weight is 366 g/mol. The summed E-state index contributed by atoms with van der Waals surface area (Å²) >= 11 is 0. The number of amides is 1. The number of carbonyl (C=O) groups excluding carboxylic acids is 2. The number of carbonyl (C=O) groups is 2. The summed E-state index contributed by atoms with van der Waals surface area (Å²) < 4.78 is 6.06. The summed E-state index contributed by atoms with van der Waals surface area (Å²) in [6, 6.07) is 15.5. The highest BCUT2D eigenvalue weighted by Crippen LogP contribution is 2.15. The lowest BCUT2D eigenvalue weighted by Crippen LogP contribution is -2.13. The topological polar surface area (TPSA) is 106 Å². The van der Waals surface area contributed by atoms with Gasteiger partial charge >= 0.3 is 5.97 Å². The fraction of sp³-hybridized carbons (Fsp3) is 0.158. The van der Waals surface area contributed by atoms with E-state index in [4.69, 9.17) is 0 Å². The van der Waals surface area contributed by atoms with Crippen LogP contribution in [0.1, 0.15) is 32.5 Å². The van der Waals surface area contributed by atoms with E-state index in [1.165, 1.54) is 24.1 Å². The Morgan fingerprint density at radius 1 is 1.19 bits per heavy atom. The first-order valence-electron chi connectivity index (χ1n) is 8.19. The molecule has 0 saturated heterocycles. The molecule has 27 heavy (non-hydrogen) atoms. The minimum atomic E-state index is -0.763. The van der Waals surface area contributed by atoms with Crippen LogP contribution in [0.3, 0.4) is 0 Å². The summed E-state index contributed by atoms with van der Waals surface area (Å²) in [6.45, 7) is 0.169. The molecule has 138 valence electrons. The van der Waals surface area contributed by atoms with Crippen molar-refractivity contribution in [3.63, 3.8) is 0 Å². The number of rotatable bonds is 6. The summed E-state index contributed by atoms with van der Waals surface area (Å²) in [4.78, 5) is 23.9. The zero-order valence-corrected chi connectivity index (χ0v) is 14.6. The van der Waals surface area contributed by atoms with Gasteiger partial charge in [-0.3, -0.25) is 4.79 Å². The van der Waals surface area contributed by atoms with Crippen LogP contribution in [0, 0.1) is 0 Å². The van der Waals surface area contributed by atoms with E-state index in [2.05, 4.69) is 20.4 Å². The van der Waals surface area contributed by atoms with Gasteiger partial charge in [0.15, 0.2) is 5.69 Å². The minimum Gasteiger partial charge on any atom is -0.465 e. The van der Waals surface area contributed by atoms with Crippen molar-refractivity contribution in [2.45, 2.75) is 12.6 Å². The van der Waals surface area contributed by atoms with E-state index < -0.39 is 18.0 Å². The number of esters is 1. The summed E-state index contributed by atoms with van der Waals surface area (Å²) in [6.07, 6.45) is 0.687. The second-order valence-corrected chi connectivity index (χ2v) is 5.78. The van der Waals surface area contributed by atoms with Gasteiger partial charge in [0.25, 0.3) is 5.91 Å². The van der Waals surface area contributed by atoms with Gasteiger partial charge in [-0.25, -0.2) is 9.48 Å². The number of benzene rings is 2. The van der Waals surface area contributed by atoms with Crippen LogP contribution in [0.25, 0.3) is 0 Å². The molecule has 0 saturated carbocycles. The third-order valence-electron chi connectivity index (χ3n) is 3.86. The van der Waals surface area contributed by atoms with Crippen LogP contribution in [0.2, 0.25) is 0 Å². The van der Waals surface area contributed by atoms with E-state index in [0.29, 0.717) is 11.3 Å². The smallest absolute Gasteiger partial charge is 0.337 e. The van der Waals surface area contributed by atoms with Gasteiger partial charge in [-0.1, -0.05) is 41.6 Å². The molecule has 0 aliphatic carbocycles. The van der Waals surface area contributed by atoms with Gasteiger partial charge in [0, 0.05) is 5.69 Å². The molecule has 3 aromatic rings. The number of nitrogens with zero attached hydrogens (tertiary/aromatic N) is 3. The van der Waals surface area contributed by atoms with Crippen molar-refractivity contribution in [3.05, 3.63) is 77.6 Å². The van der Waals surface area contributed by atoms with Crippen LogP contribution in [0.4, 0.5) is 5.69 Å². The van der Waals surface area contributed by atoms with E-state index >= 15 is 0 Å². The maximum Gasteiger partial charge on any atom is 0.337 e. The van der Waals surface area contributed by atoms with Crippen LogP contribution in [0.15, 0.2) is 60.8 Å². The number of ether oxygens (including phenoxy) is 1. The maximum absolute atomic E-state index is 12.3. The zero-order valence-electron chi connectivity index (χ0n) is 14.6. The Balaban J connectivity index is 1.66. The SMILES string of the molecule is COC(=O)c1cccc(NC(=O)c2cn(C[C@@H](O)c3ccccc3)nn2)c1. The standard InChI is InChI=1S/C19H18N4O4/c1-27-19(26)14-8-5-9-15(10-14)20-18(25)16-11-23(22-21-16)12-17(24)13-6-3-2-4-7-13/h2-11,17,24H,12H2,1H3,(H,20,25)/t17-/m1/s1. The second kappa shape index (κ2) is 8.24. The van der Waals surface area contributed by atoms with Crippen LogP contribution in [0.5, 0.6) is 0 Å². The molecular weight excluding hydrogens is 348 g/mol. The fourth-order valence-corrected chi connectivity index (χ4v) is 2.49. The number of aliphatic hydroxyl groups excluding tert-OH is 1. The lowest BCUT2D eigenvalue weighted by Gasteiger charge is -2.09. The lowest BCUT2D eigenvalue weighted by molar-refractivity contribution is 0.0600. The monoisotopic (exact) mass is 366 g/mol. The van der Waals surface area contributed by atoms with Gasteiger partial charge in [-0.2, -0.15) is 0 Å². The first kappa shape index (κ1) is 18.3. The van der Waals surface area contributed by atoms with Gasteiger partial charge in [-0.15, -0.1) is 5.10 Å². The Labute approximate surface area is 155 Å². The average Bonchev–Trinajstić information content (AvgIpc) is 3.17. The second-order valence-electron chi connectivity index (χ2n) is 5.78. The number of nitrogens with one attached hydrogen (secondary N) is 1. The molecular formula is C19H18N4O4. The van der Waals surface area contributed by atoms with Crippen molar-refractivity contribution < 1.29 is 19.4 Å². The van der Waals surface area contributed by atoms with Gasteiger partial charge < -0.3 is 15.2 Å². The predicted molar refractivity (Wildman–Crippen MR) is 97.2 cm³/mol. The van der Waals surface area contributed by atoms with Crippen molar-refractivity contribution in [1.29, 1.82) is 0 Å². The number of aromatic nitrogens is 3. The van der Waals surface area contributed by atoms with E-state index in [9.17, 15) is 14.7 Å². The molecule has 8 heteroatoms. The first-order chi connectivity index (χ1) is 13.1. The molecule has 0 aliphatic rings. The summed E-state index contributed by atoms with van der Waals surface area (Å²) in [5.74, 6) is -0.968. The Hall–Kier alpha value is -3.52. The molecule has 0 bridgehead atoms. The van der Waals surface area contributed by atoms with E-state index in [1.807, 2.05) is 30.3 Å². The molecule has 0 fully saturated rings. The van der Waals surface area contributed by atoms with Crippen molar-refractivity contribution >= 4 is 17.6 Å². The van der Waals surface area contributed by atoms with E-state index in [0.717, 1.165) is 5.56 Å². The number of anilines is 1. The highest BCUT2D eigenvalue weighted by atomic mass is 16.5. The Bertz CT molecular complexity index is 940. The summed E-state index contributed by atoms with van der Waals surface area (Å²) in [5, 5.41) is 20.6. The molecule has 0 radical (unpaired) electrons. The molecule has 1 aromatic heterocycles. The Morgan fingerprint density at radius 2 is 1.96 bits per heavy atom. The normalized spacial score (nSPS) is 11.6. The highest BCUT2D eigenvalue weighted by molar-refractivity contribution is 6.03. The molecule has 2 aromatic carbocycles. The Kier molecular flexibility index (Phi) is 5.58. The van der Waals surface area contributed by atoms with E-state index in [1.54, 1.807) is 18.2 Å². The van der Waals surface area contributed by atoms with Crippen molar-refractivity contribution in [1.82, 2.24) is 15.0 Å². The van der Waals surface area contributed by atoms with Gasteiger partial charge in [0.1, 0.15) is 0 Å². The van der Waals surface area contributed by atoms with Crippen molar-refractivity contribution in [2.75, 3.05) is 12.4 Å². The molecule has 1 heterocycles. The summed E-state index contributed by atoms with van der Waals surface area (Å²) in [7, 11) is 1.29. The van der Waals surface area contributed by atoms with Crippen LogP contribution in [-0.2, 0) is 11.3 Å². The third kappa shape index (κ3) is 4.56. The van der Waals surface area contributed by atoms with Gasteiger partial charge in [-0.05, 0) is 23.8 Å². The lowest BCUT2D eigenvalue weighted by atomic mass is 10.1. The molecule has 1 amide bonds. The first-order valence-corrected chi connectivity index (χ1v) is 8.19. The van der Waals surface area contributed by atoms with E-state index in [-0.39, 0.29) is 12.2 Å². The summed E-state index contributed by atoms with van der Waals surface area (Å²) in [5.41, 5.74) is 1.60. The van der Waals surface area contributed by atoms with Crippen LogP contribution in [-0.4, -0.2) is 39.1 Å². The third-order valence-corrected chi connectivity index (χ3v) is 3.86. The molecule has 0 spiro atoms. The molecule has 0 aliphatic heterocycles. The largest absolute Gasteiger partial charge is 0.465 e. The molecule has 0 unspecified atom stereocenters. The number of aliphatic hydroxyl groups is 1. The van der Waals surface area contributed by atoms with Gasteiger partial charge in [0.2, 0.25) is 0 Å². The molecule has 1 atom stereocenters. The predicted octanol–water partition coefficient (Wildman–Crippen LogP) is 2.05. The van der Waals surface area contributed by atoms with Gasteiger partial charge in [0.05, 0.1) is 31.5 Å². The quantitative estimate of drug-likeness (QED) is 0.647. The number of methoxy groups -OCH3 is 1. The molecule has 2 N–H and O–H groups in total. The van der Waals surface area contributed by atoms with Crippen molar-refractivity contribution in [2.24, 2.45) is 0 Å². The fourth-order valence-electron chi connectivity index (χ4n) is 2.49. The minimum absolute atomic E-state index is 0.0960. The maximum atomic E-state index is 12.3. The van der Waals surface area contributed by atoms with Crippen molar-refractivity contribution in [3.8, 4) is 0 Å². The number of hydrogen-bond acceptors (Lipinski definition) is 6. The van der Waals surface area contributed by atoms with Crippen LogP contribution < -0.4 is 5.32 Å². The molecule has 3 rings (SSSR count). The Morgan fingerprint density at radius 3 is 2.70 bits per heavy atom. The highest BCUT2D eigenvalue weighted by Gasteiger charge is 2.15. The number of hydrogen-bond donors (Lipinski definition) is 2. The molecule has 8 nitrogen and oxygen atoms in total. The zero-order chi connectivity index (χ0) is 19.2. The van der Waals surface area contributed by atoms with Crippen LogP contribution >= 0.6 is 0 Å².